The number of esters is 1. The lowest BCUT2D eigenvalue weighted by molar-refractivity contribution is 0.0447. The Hall–Kier alpha value is -2.29. The van der Waals surface area contributed by atoms with Gasteiger partial charge in [0.25, 0.3) is 0 Å². The number of ether oxygens (including phenoxy) is 1. The van der Waals surface area contributed by atoms with Crippen LogP contribution < -0.4 is 0 Å². The molecule has 2 rings (SSSR count). The molecule has 116 valence electrons. The van der Waals surface area contributed by atoms with Gasteiger partial charge in [-0.1, -0.05) is 38.5 Å². The molecule has 1 unspecified atom stereocenters. The minimum Gasteiger partial charge on any atom is -0.462 e. The predicted molar refractivity (Wildman–Crippen MR) is 90.5 cm³/mol. The third-order valence-corrected chi connectivity index (χ3v) is 3.77. The molecule has 2 aromatic rings. The van der Waals surface area contributed by atoms with Crippen molar-refractivity contribution in [1.82, 2.24) is 4.57 Å². The molecule has 1 aromatic carbocycles. The molecule has 1 heterocycles. The number of nitrogens with zero attached hydrogens (tertiary/aromatic N) is 1. The Morgan fingerprint density at radius 1 is 1.23 bits per heavy atom. The first-order chi connectivity index (χ1) is 10.6. The highest BCUT2D eigenvalue weighted by Gasteiger charge is 2.08. The van der Waals surface area contributed by atoms with E-state index in [1.54, 1.807) is 0 Å². The standard InChI is InChI=1S/C19H23NO2/c1-4-15(2)14-22-19(21)17-10-7-16(8-11-17)9-12-18-6-5-13-20(18)3/h5-13,15H,4,14H2,1-3H3/b12-9+. The van der Waals surface area contributed by atoms with Crippen LogP contribution in [-0.2, 0) is 11.8 Å². The number of benzene rings is 1. The van der Waals surface area contributed by atoms with Gasteiger partial charge in [0.15, 0.2) is 0 Å². The van der Waals surface area contributed by atoms with Crippen molar-refractivity contribution in [3.63, 3.8) is 0 Å². The van der Waals surface area contributed by atoms with E-state index in [2.05, 4.69) is 30.6 Å². The molecule has 1 atom stereocenters. The summed E-state index contributed by atoms with van der Waals surface area (Å²) in [5.41, 5.74) is 2.79. The number of hydrogen-bond donors (Lipinski definition) is 0. The van der Waals surface area contributed by atoms with Gasteiger partial charge in [0.2, 0.25) is 0 Å². The number of aryl methyl sites for hydroxylation is 1. The lowest BCUT2D eigenvalue weighted by Crippen LogP contribution is -2.11. The van der Waals surface area contributed by atoms with Crippen molar-refractivity contribution >= 4 is 18.1 Å². The molecule has 1 aromatic heterocycles. The van der Waals surface area contributed by atoms with Crippen molar-refractivity contribution in [2.24, 2.45) is 13.0 Å². The number of carbonyl (C=O) groups is 1. The fourth-order valence-electron chi connectivity index (χ4n) is 1.98. The quantitative estimate of drug-likeness (QED) is 0.740. The van der Waals surface area contributed by atoms with Gasteiger partial charge in [-0.2, -0.15) is 0 Å². The van der Waals surface area contributed by atoms with Gasteiger partial charge in [0.05, 0.1) is 12.2 Å². The van der Waals surface area contributed by atoms with Gasteiger partial charge in [-0.25, -0.2) is 4.79 Å². The van der Waals surface area contributed by atoms with E-state index in [0.717, 1.165) is 17.7 Å². The van der Waals surface area contributed by atoms with Gasteiger partial charge in [-0.05, 0) is 41.8 Å². The summed E-state index contributed by atoms with van der Waals surface area (Å²) < 4.78 is 7.35. The summed E-state index contributed by atoms with van der Waals surface area (Å²) in [7, 11) is 2.01. The van der Waals surface area contributed by atoms with Gasteiger partial charge in [-0.3, -0.25) is 0 Å². The van der Waals surface area contributed by atoms with E-state index >= 15 is 0 Å². The average molecular weight is 297 g/mol. The van der Waals surface area contributed by atoms with E-state index in [1.165, 1.54) is 0 Å². The Bertz CT molecular complexity index is 638. The summed E-state index contributed by atoms with van der Waals surface area (Å²) in [6.45, 7) is 4.64. The fourth-order valence-corrected chi connectivity index (χ4v) is 1.98. The zero-order valence-electron chi connectivity index (χ0n) is 13.5. The summed E-state index contributed by atoms with van der Waals surface area (Å²) in [5.74, 6) is 0.148. The highest BCUT2D eigenvalue weighted by Crippen LogP contribution is 2.11. The lowest BCUT2D eigenvalue weighted by atomic mass is 10.1. The maximum atomic E-state index is 11.9. The molecule has 3 nitrogen and oxygen atoms in total. The second-order valence-electron chi connectivity index (χ2n) is 5.61. The molecule has 0 aliphatic carbocycles. The van der Waals surface area contributed by atoms with Crippen LogP contribution in [0.5, 0.6) is 0 Å². The molecule has 0 saturated heterocycles. The van der Waals surface area contributed by atoms with E-state index in [9.17, 15) is 4.79 Å². The summed E-state index contributed by atoms with van der Waals surface area (Å²) in [5, 5.41) is 0. The molecule has 22 heavy (non-hydrogen) atoms. The number of carbonyl (C=O) groups excluding carboxylic acids is 1. The minimum atomic E-state index is -0.252. The predicted octanol–water partition coefficient (Wildman–Crippen LogP) is 4.40. The Labute approximate surface area is 132 Å². The smallest absolute Gasteiger partial charge is 0.338 e. The maximum Gasteiger partial charge on any atom is 0.338 e. The van der Waals surface area contributed by atoms with Gasteiger partial charge < -0.3 is 9.30 Å². The molecular formula is C19H23NO2. The molecule has 0 amide bonds. The van der Waals surface area contributed by atoms with Gasteiger partial charge in [0.1, 0.15) is 0 Å². The number of aromatic nitrogens is 1. The van der Waals surface area contributed by atoms with E-state index in [1.807, 2.05) is 49.7 Å². The zero-order valence-corrected chi connectivity index (χ0v) is 13.5. The first-order valence-electron chi connectivity index (χ1n) is 7.66. The lowest BCUT2D eigenvalue weighted by Gasteiger charge is -2.09. The Kier molecular flexibility index (Phi) is 5.59. The molecule has 0 bridgehead atoms. The van der Waals surface area contributed by atoms with Crippen molar-refractivity contribution in [3.8, 4) is 0 Å². The number of hydrogen-bond acceptors (Lipinski definition) is 2. The molecule has 0 N–H and O–H groups in total. The number of rotatable bonds is 6. The molecule has 3 heteroatoms. The second kappa shape index (κ2) is 7.64. The second-order valence-corrected chi connectivity index (χ2v) is 5.61. The van der Waals surface area contributed by atoms with Crippen LogP contribution in [0.25, 0.3) is 12.2 Å². The van der Waals surface area contributed by atoms with Gasteiger partial charge in [-0.15, -0.1) is 0 Å². The molecule has 0 radical (unpaired) electrons. The molecule has 0 aliphatic rings. The first kappa shape index (κ1) is 16.1. The molecule has 0 spiro atoms. The van der Waals surface area contributed by atoms with Crippen molar-refractivity contribution < 1.29 is 9.53 Å². The third kappa shape index (κ3) is 4.35. The van der Waals surface area contributed by atoms with E-state index in [4.69, 9.17) is 4.74 Å². The molecule has 0 aliphatic heterocycles. The van der Waals surface area contributed by atoms with Crippen LogP contribution in [0.3, 0.4) is 0 Å². The van der Waals surface area contributed by atoms with Gasteiger partial charge >= 0.3 is 5.97 Å². The highest BCUT2D eigenvalue weighted by molar-refractivity contribution is 5.89. The monoisotopic (exact) mass is 297 g/mol. The van der Waals surface area contributed by atoms with E-state index < -0.39 is 0 Å². The summed E-state index contributed by atoms with van der Waals surface area (Å²) in [6.07, 6.45) is 7.10. The molecule has 0 fully saturated rings. The van der Waals surface area contributed by atoms with Crippen molar-refractivity contribution in [2.45, 2.75) is 20.3 Å². The summed E-state index contributed by atoms with van der Waals surface area (Å²) in [4.78, 5) is 11.9. The Morgan fingerprint density at radius 2 is 1.95 bits per heavy atom. The average Bonchev–Trinajstić information content (AvgIpc) is 2.96. The van der Waals surface area contributed by atoms with Crippen LogP contribution >= 0.6 is 0 Å². The highest BCUT2D eigenvalue weighted by atomic mass is 16.5. The first-order valence-corrected chi connectivity index (χ1v) is 7.66. The van der Waals surface area contributed by atoms with Gasteiger partial charge in [0, 0.05) is 18.9 Å². The molecular weight excluding hydrogens is 274 g/mol. The summed E-state index contributed by atoms with van der Waals surface area (Å²) >= 11 is 0. The fraction of sp³-hybridized carbons (Fsp3) is 0.316. The largest absolute Gasteiger partial charge is 0.462 e. The van der Waals surface area contributed by atoms with Crippen LogP contribution in [0.15, 0.2) is 42.6 Å². The van der Waals surface area contributed by atoms with Crippen LogP contribution in [0, 0.1) is 5.92 Å². The molecule has 0 saturated carbocycles. The topological polar surface area (TPSA) is 31.2 Å². The maximum absolute atomic E-state index is 11.9. The van der Waals surface area contributed by atoms with Crippen LogP contribution in [0.1, 0.15) is 41.9 Å². The normalized spacial score (nSPS) is 12.5. The van der Waals surface area contributed by atoms with Crippen LogP contribution in [0.4, 0.5) is 0 Å². The van der Waals surface area contributed by atoms with E-state index in [-0.39, 0.29) is 5.97 Å². The van der Waals surface area contributed by atoms with Crippen molar-refractivity contribution in [1.29, 1.82) is 0 Å². The third-order valence-electron chi connectivity index (χ3n) is 3.77. The van der Waals surface area contributed by atoms with E-state index in [0.29, 0.717) is 18.1 Å². The zero-order chi connectivity index (χ0) is 15.9. The Morgan fingerprint density at radius 3 is 2.55 bits per heavy atom. The minimum absolute atomic E-state index is 0.252. The summed E-state index contributed by atoms with van der Waals surface area (Å²) in [6, 6.07) is 11.5. The SMILES string of the molecule is CCC(C)COC(=O)c1ccc(/C=C/c2cccn2C)cc1. The Balaban J connectivity index is 1.97. The van der Waals surface area contributed by atoms with Crippen molar-refractivity contribution in [3.05, 3.63) is 59.4 Å². The van der Waals surface area contributed by atoms with Crippen LogP contribution in [0.2, 0.25) is 0 Å². The van der Waals surface area contributed by atoms with Crippen LogP contribution in [-0.4, -0.2) is 17.1 Å². The van der Waals surface area contributed by atoms with Crippen molar-refractivity contribution in [2.75, 3.05) is 6.61 Å².